The fourth-order valence-electron chi connectivity index (χ4n) is 5.51. The van der Waals surface area contributed by atoms with E-state index in [4.69, 9.17) is 29.0 Å². The number of hydrazone groups is 1. The standard InChI is InChI=1S/C47H47N3O7/c1-5-45(51)55-30-14-7-6-13-29-54-41-25-23-39(24-26-41)46(52)56-42-27-28-44(57-47(53)38-21-19-34(2)20-22-38)40(31-42)32-48-50(33-37-16-9-8-10-17-37)36(4)49-43-18-12-11-15-35(43)3/h5,8-12,15-28,31-32H,1,6-7,13-14,29-30,33H2,2-4H3/b48-32+,49-36?. The number of para-hydroxylation sites is 1. The number of carbonyl (C=O) groups excluding carboxylic acids is 3. The topological polar surface area (TPSA) is 116 Å². The smallest absolute Gasteiger partial charge is 0.343 e. The molecule has 0 bridgehead atoms. The van der Waals surface area contributed by atoms with Crippen LogP contribution in [0, 0.1) is 13.8 Å². The lowest BCUT2D eigenvalue weighted by atomic mass is 10.1. The zero-order valence-corrected chi connectivity index (χ0v) is 32.6. The Bertz CT molecular complexity index is 2180. The van der Waals surface area contributed by atoms with Gasteiger partial charge in [0.15, 0.2) is 0 Å². The number of benzene rings is 5. The third-order valence-electron chi connectivity index (χ3n) is 8.77. The predicted octanol–water partition coefficient (Wildman–Crippen LogP) is 10.00. The summed E-state index contributed by atoms with van der Waals surface area (Å²) < 4.78 is 22.5. The third kappa shape index (κ3) is 13.2. The Morgan fingerprint density at radius 1 is 0.702 bits per heavy atom. The van der Waals surface area contributed by atoms with Gasteiger partial charge in [0.25, 0.3) is 0 Å². The van der Waals surface area contributed by atoms with Crippen molar-refractivity contribution in [2.75, 3.05) is 13.2 Å². The zero-order chi connectivity index (χ0) is 40.4. The number of aliphatic imine (C=N–C) groups is 1. The highest BCUT2D eigenvalue weighted by Gasteiger charge is 2.16. The highest BCUT2D eigenvalue weighted by atomic mass is 16.5. The highest BCUT2D eigenvalue weighted by molar-refractivity contribution is 5.95. The largest absolute Gasteiger partial charge is 0.494 e. The molecule has 0 N–H and O–H groups in total. The number of carbonyl (C=O) groups is 3. The first kappa shape index (κ1) is 41.4. The van der Waals surface area contributed by atoms with Crippen LogP contribution in [0.2, 0.25) is 0 Å². The minimum atomic E-state index is -0.571. The summed E-state index contributed by atoms with van der Waals surface area (Å²) in [7, 11) is 0. The summed E-state index contributed by atoms with van der Waals surface area (Å²) >= 11 is 0. The second-order valence-corrected chi connectivity index (χ2v) is 13.2. The average molecular weight is 766 g/mol. The number of unbranched alkanes of at least 4 members (excludes halogenated alkanes) is 3. The molecule has 5 rings (SSSR count). The summed E-state index contributed by atoms with van der Waals surface area (Å²) in [6.07, 6.45) is 6.18. The fraction of sp³-hybridized carbons (Fsp3) is 0.213. The third-order valence-corrected chi connectivity index (χ3v) is 8.77. The predicted molar refractivity (Wildman–Crippen MR) is 223 cm³/mol. The number of hydrogen-bond acceptors (Lipinski definition) is 9. The van der Waals surface area contributed by atoms with Crippen molar-refractivity contribution in [3.05, 3.63) is 167 Å². The Labute approximate surface area is 334 Å². The summed E-state index contributed by atoms with van der Waals surface area (Å²) in [6, 6.07) is 36.3. The van der Waals surface area contributed by atoms with E-state index in [9.17, 15) is 14.4 Å². The van der Waals surface area contributed by atoms with Crippen molar-refractivity contribution in [3.8, 4) is 17.2 Å². The summed E-state index contributed by atoms with van der Waals surface area (Å²) in [5, 5.41) is 6.59. The number of hydrogen-bond donors (Lipinski definition) is 0. The van der Waals surface area contributed by atoms with Gasteiger partial charge in [0, 0.05) is 11.6 Å². The van der Waals surface area contributed by atoms with Gasteiger partial charge >= 0.3 is 17.9 Å². The van der Waals surface area contributed by atoms with Gasteiger partial charge in [0.05, 0.1) is 42.8 Å². The van der Waals surface area contributed by atoms with E-state index in [1.165, 1.54) is 0 Å². The first-order chi connectivity index (χ1) is 27.7. The maximum atomic E-state index is 13.3. The van der Waals surface area contributed by atoms with E-state index in [0.29, 0.717) is 48.0 Å². The molecule has 0 spiro atoms. The van der Waals surface area contributed by atoms with Crippen LogP contribution in [0.15, 0.2) is 144 Å². The quantitative estimate of drug-likeness (QED) is 0.0165. The molecule has 0 aliphatic rings. The van der Waals surface area contributed by atoms with E-state index in [-0.39, 0.29) is 11.5 Å². The number of ether oxygens (including phenoxy) is 4. The SMILES string of the molecule is C=CC(=O)OCCCCCCOc1ccc(C(=O)Oc2ccc(OC(=O)c3ccc(C)cc3)c(/C=N/N(Cc3ccccc3)C(C)=Nc3ccccc3C)c2)cc1. The van der Waals surface area contributed by atoms with E-state index in [2.05, 4.69) is 6.58 Å². The lowest BCUT2D eigenvalue weighted by Gasteiger charge is -2.19. The van der Waals surface area contributed by atoms with Gasteiger partial charge in [-0.05, 0) is 118 Å². The fourth-order valence-corrected chi connectivity index (χ4v) is 5.51. The van der Waals surface area contributed by atoms with Crippen LogP contribution in [-0.2, 0) is 16.1 Å². The second kappa shape index (κ2) is 21.3. The Morgan fingerprint density at radius 3 is 2.04 bits per heavy atom. The highest BCUT2D eigenvalue weighted by Crippen LogP contribution is 2.26. The van der Waals surface area contributed by atoms with Crippen molar-refractivity contribution in [2.45, 2.75) is 53.0 Å². The molecule has 0 unspecified atom stereocenters. The van der Waals surface area contributed by atoms with Crippen LogP contribution in [0.4, 0.5) is 5.69 Å². The van der Waals surface area contributed by atoms with Gasteiger partial charge < -0.3 is 18.9 Å². The van der Waals surface area contributed by atoms with Crippen LogP contribution in [-0.4, -0.2) is 48.2 Å². The molecule has 0 heterocycles. The maximum absolute atomic E-state index is 13.3. The van der Waals surface area contributed by atoms with Crippen LogP contribution < -0.4 is 14.2 Å². The molecule has 0 aliphatic heterocycles. The van der Waals surface area contributed by atoms with Crippen LogP contribution in [0.25, 0.3) is 0 Å². The average Bonchev–Trinajstić information content (AvgIpc) is 3.22. The molecule has 292 valence electrons. The van der Waals surface area contributed by atoms with Crippen LogP contribution in [0.1, 0.15) is 75.6 Å². The van der Waals surface area contributed by atoms with Crippen LogP contribution >= 0.6 is 0 Å². The van der Waals surface area contributed by atoms with Gasteiger partial charge in [0.1, 0.15) is 23.1 Å². The number of nitrogens with zero attached hydrogens (tertiary/aromatic N) is 3. The molecule has 10 nitrogen and oxygen atoms in total. The van der Waals surface area contributed by atoms with Gasteiger partial charge in [-0.25, -0.2) is 24.4 Å². The van der Waals surface area contributed by atoms with Crippen molar-refractivity contribution < 1.29 is 33.3 Å². The Balaban J connectivity index is 1.32. The molecule has 5 aromatic carbocycles. The summed E-state index contributed by atoms with van der Waals surface area (Å²) in [5.41, 5.74) is 5.01. The van der Waals surface area contributed by atoms with Crippen LogP contribution in [0.3, 0.4) is 0 Å². The van der Waals surface area contributed by atoms with Gasteiger partial charge in [-0.2, -0.15) is 5.10 Å². The molecule has 0 aromatic heterocycles. The number of aryl methyl sites for hydroxylation is 2. The molecule has 10 heteroatoms. The molecular formula is C47H47N3O7. The maximum Gasteiger partial charge on any atom is 0.343 e. The lowest BCUT2D eigenvalue weighted by molar-refractivity contribution is -0.137. The molecule has 0 amide bonds. The minimum absolute atomic E-state index is 0.231. The molecular weight excluding hydrogens is 719 g/mol. The van der Waals surface area contributed by atoms with Crippen molar-refractivity contribution in [3.63, 3.8) is 0 Å². The summed E-state index contributed by atoms with van der Waals surface area (Å²) in [5.74, 6) is 0.213. The Hall–Kier alpha value is -6.81. The zero-order valence-electron chi connectivity index (χ0n) is 32.6. The molecule has 0 saturated carbocycles. The molecule has 0 fully saturated rings. The van der Waals surface area contributed by atoms with Crippen molar-refractivity contribution in [1.29, 1.82) is 0 Å². The van der Waals surface area contributed by atoms with E-state index in [0.717, 1.165) is 54.1 Å². The molecule has 0 atom stereocenters. The van der Waals surface area contributed by atoms with Gasteiger partial charge in [0.2, 0.25) is 0 Å². The van der Waals surface area contributed by atoms with E-state index >= 15 is 0 Å². The molecule has 0 radical (unpaired) electrons. The van der Waals surface area contributed by atoms with E-state index < -0.39 is 17.9 Å². The van der Waals surface area contributed by atoms with Crippen molar-refractivity contribution in [1.82, 2.24) is 5.01 Å². The Kier molecular flexibility index (Phi) is 15.5. The number of amidine groups is 1. The molecule has 0 saturated heterocycles. The van der Waals surface area contributed by atoms with Crippen LogP contribution in [0.5, 0.6) is 17.2 Å². The lowest BCUT2D eigenvalue weighted by Crippen LogP contribution is -2.23. The summed E-state index contributed by atoms with van der Waals surface area (Å²) in [6.45, 7) is 10.5. The van der Waals surface area contributed by atoms with Gasteiger partial charge in [-0.1, -0.05) is 72.8 Å². The first-order valence-corrected chi connectivity index (χ1v) is 18.8. The van der Waals surface area contributed by atoms with E-state index in [1.54, 1.807) is 65.8 Å². The van der Waals surface area contributed by atoms with Gasteiger partial charge in [-0.15, -0.1) is 0 Å². The van der Waals surface area contributed by atoms with Gasteiger partial charge in [-0.3, -0.25) is 0 Å². The monoisotopic (exact) mass is 765 g/mol. The first-order valence-electron chi connectivity index (χ1n) is 18.8. The number of esters is 3. The minimum Gasteiger partial charge on any atom is -0.494 e. The Morgan fingerprint density at radius 2 is 1.33 bits per heavy atom. The van der Waals surface area contributed by atoms with Crippen molar-refractivity contribution in [2.24, 2.45) is 10.1 Å². The molecule has 0 aliphatic carbocycles. The van der Waals surface area contributed by atoms with E-state index in [1.807, 2.05) is 87.5 Å². The molecule has 57 heavy (non-hydrogen) atoms. The normalized spacial score (nSPS) is 11.2. The molecule has 5 aromatic rings. The number of rotatable bonds is 18. The second-order valence-electron chi connectivity index (χ2n) is 13.2. The van der Waals surface area contributed by atoms with Crippen molar-refractivity contribution >= 4 is 35.6 Å². The summed E-state index contributed by atoms with van der Waals surface area (Å²) in [4.78, 5) is 42.5.